The van der Waals surface area contributed by atoms with Crippen LogP contribution < -0.4 is 0 Å². The van der Waals surface area contributed by atoms with E-state index < -0.39 is 30.7 Å². The van der Waals surface area contributed by atoms with E-state index >= 15 is 0 Å². The Balaban J connectivity index is 2.78. The predicted octanol–water partition coefficient (Wildman–Crippen LogP) is -0.776. The SMILES string of the molecule is CC(C)(C)C[C@]1(O)O[C@H](CO)[C@@H](O)[C@@H]1O. The lowest BCUT2D eigenvalue weighted by Gasteiger charge is -2.32. The molecule has 5 nitrogen and oxygen atoms in total. The highest BCUT2D eigenvalue weighted by Crippen LogP contribution is 2.37. The third kappa shape index (κ3) is 2.68. The van der Waals surface area contributed by atoms with Crippen molar-refractivity contribution in [1.29, 1.82) is 0 Å². The first kappa shape index (κ1) is 12.9. The van der Waals surface area contributed by atoms with Gasteiger partial charge in [0.1, 0.15) is 18.3 Å². The number of rotatable bonds is 2. The lowest BCUT2D eigenvalue weighted by Crippen LogP contribution is -2.45. The van der Waals surface area contributed by atoms with E-state index in [1.54, 1.807) is 0 Å². The van der Waals surface area contributed by atoms with Gasteiger partial charge in [-0.25, -0.2) is 0 Å². The molecule has 0 saturated carbocycles. The molecule has 90 valence electrons. The molecule has 1 aliphatic heterocycles. The van der Waals surface area contributed by atoms with Crippen LogP contribution in [0.25, 0.3) is 0 Å². The summed E-state index contributed by atoms with van der Waals surface area (Å²) in [5.74, 6) is -1.77. The molecule has 0 aromatic heterocycles. The third-order valence-corrected chi connectivity index (χ3v) is 2.49. The summed E-state index contributed by atoms with van der Waals surface area (Å²) in [6.45, 7) is 5.24. The molecule has 0 aromatic carbocycles. The van der Waals surface area contributed by atoms with Crippen LogP contribution >= 0.6 is 0 Å². The van der Waals surface area contributed by atoms with Crippen molar-refractivity contribution in [3.63, 3.8) is 0 Å². The number of hydrogen-bond acceptors (Lipinski definition) is 5. The maximum atomic E-state index is 10.0. The van der Waals surface area contributed by atoms with Crippen molar-refractivity contribution in [2.75, 3.05) is 6.61 Å². The Kier molecular flexibility index (Phi) is 3.42. The number of aliphatic hydroxyl groups is 4. The zero-order chi connectivity index (χ0) is 11.9. The number of hydrogen-bond donors (Lipinski definition) is 4. The van der Waals surface area contributed by atoms with Crippen molar-refractivity contribution in [3.05, 3.63) is 0 Å². The van der Waals surface area contributed by atoms with Crippen molar-refractivity contribution in [1.82, 2.24) is 0 Å². The minimum Gasteiger partial charge on any atom is -0.394 e. The van der Waals surface area contributed by atoms with E-state index in [9.17, 15) is 15.3 Å². The topological polar surface area (TPSA) is 90.2 Å². The Bertz CT molecular complexity index is 224. The van der Waals surface area contributed by atoms with Crippen molar-refractivity contribution in [3.8, 4) is 0 Å². The Labute approximate surface area is 89.3 Å². The van der Waals surface area contributed by atoms with Gasteiger partial charge in [-0.1, -0.05) is 20.8 Å². The molecule has 4 N–H and O–H groups in total. The molecule has 15 heavy (non-hydrogen) atoms. The van der Waals surface area contributed by atoms with Crippen molar-refractivity contribution < 1.29 is 25.2 Å². The van der Waals surface area contributed by atoms with Gasteiger partial charge in [-0.3, -0.25) is 0 Å². The molecule has 0 amide bonds. The van der Waals surface area contributed by atoms with Gasteiger partial charge in [0.05, 0.1) is 6.61 Å². The van der Waals surface area contributed by atoms with Crippen molar-refractivity contribution >= 4 is 0 Å². The van der Waals surface area contributed by atoms with E-state index in [1.165, 1.54) is 0 Å². The van der Waals surface area contributed by atoms with Gasteiger partial charge in [-0.2, -0.15) is 0 Å². The van der Waals surface area contributed by atoms with Crippen LogP contribution in [0.4, 0.5) is 0 Å². The van der Waals surface area contributed by atoms with Gasteiger partial charge in [-0.15, -0.1) is 0 Å². The van der Waals surface area contributed by atoms with Crippen LogP contribution in [0, 0.1) is 5.41 Å². The number of ether oxygens (including phenoxy) is 1. The molecular weight excluding hydrogens is 200 g/mol. The Morgan fingerprint density at radius 1 is 1.27 bits per heavy atom. The zero-order valence-corrected chi connectivity index (χ0v) is 9.34. The molecule has 0 bridgehead atoms. The summed E-state index contributed by atoms with van der Waals surface area (Å²) in [6, 6.07) is 0. The maximum absolute atomic E-state index is 10.0. The molecule has 1 aliphatic rings. The zero-order valence-electron chi connectivity index (χ0n) is 9.34. The van der Waals surface area contributed by atoms with E-state index in [0.717, 1.165) is 0 Å². The molecule has 0 spiro atoms. The number of aliphatic hydroxyl groups excluding tert-OH is 3. The molecule has 0 aliphatic carbocycles. The smallest absolute Gasteiger partial charge is 0.195 e. The molecule has 1 rings (SSSR count). The minimum atomic E-state index is -1.77. The summed E-state index contributed by atoms with van der Waals surface area (Å²) in [7, 11) is 0. The second-order valence-electron chi connectivity index (χ2n) is 5.36. The Hall–Kier alpha value is -0.200. The van der Waals surface area contributed by atoms with Gasteiger partial charge in [0.2, 0.25) is 0 Å². The summed E-state index contributed by atoms with van der Waals surface area (Å²) < 4.78 is 5.10. The summed E-state index contributed by atoms with van der Waals surface area (Å²) in [5, 5.41) is 38.0. The van der Waals surface area contributed by atoms with Crippen LogP contribution in [-0.4, -0.2) is 51.1 Å². The van der Waals surface area contributed by atoms with Gasteiger partial charge in [0.25, 0.3) is 0 Å². The first-order chi connectivity index (χ1) is 6.69. The van der Waals surface area contributed by atoms with Crippen molar-refractivity contribution in [2.45, 2.75) is 51.3 Å². The molecule has 5 heteroatoms. The second-order valence-corrected chi connectivity index (χ2v) is 5.36. The summed E-state index contributed by atoms with van der Waals surface area (Å²) >= 11 is 0. The van der Waals surface area contributed by atoms with E-state index in [0.29, 0.717) is 0 Å². The normalized spacial score (nSPS) is 42.2. The fourth-order valence-electron chi connectivity index (χ4n) is 1.92. The molecule has 0 unspecified atom stereocenters. The minimum absolute atomic E-state index is 0.189. The van der Waals surface area contributed by atoms with Gasteiger partial charge in [0, 0.05) is 6.42 Å². The molecule has 1 heterocycles. The summed E-state index contributed by atoms with van der Waals surface area (Å²) in [4.78, 5) is 0. The molecule has 4 atom stereocenters. The largest absolute Gasteiger partial charge is 0.394 e. The lowest BCUT2D eigenvalue weighted by atomic mass is 9.85. The fraction of sp³-hybridized carbons (Fsp3) is 1.00. The lowest BCUT2D eigenvalue weighted by molar-refractivity contribution is -0.244. The Morgan fingerprint density at radius 3 is 2.13 bits per heavy atom. The van der Waals surface area contributed by atoms with E-state index in [4.69, 9.17) is 9.84 Å². The van der Waals surface area contributed by atoms with Gasteiger partial charge in [0.15, 0.2) is 5.79 Å². The first-order valence-corrected chi connectivity index (χ1v) is 5.07. The quantitative estimate of drug-likeness (QED) is 0.490. The third-order valence-electron chi connectivity index (χ3n) is 2.49. The van der Waals surface area contributed by atoms with Gasteiger partial charge in [-0.05, 0) is 5.41 Å². The molecule has 1 saturated heterocycles. The van der Waals surface area contributed by atoms with Crippen molar-refractivity contribution in [2.24, 2.45) is 5.41 Å². The first-order valence-electron chi connectivity index (χ1n) is 5.07. The van der Waals surface area contributed by atoms with Gasteiger partial charge < -0.3 is 25.2 Å². The molecular formula is C10H20O5. The maximum Gasteiger partial charge on any atom is 0.195 e. The molecule has 0 aromatic rings. The van der Waals surface area contributed by atoms with Crippen LogP contribution in [-0.2, 0) is 4.74 Å². The van der Waals surface area contributed by atoms with Crippen LogP contribution in [0.1, 0.15) is 27.2 Å². The molecule has 0 radical (unpaired) electrons. The highest BCUT2D eigenvalue weighted by Gasteiger charge is 2.54. The van der Waals surface area contributed by atoms with Crippen LogP contribution in [0.15, 0.2) is 0 Å². The van der Waals surface area contributed by atoms with Crippen LogP contribution in [0.5, 0.6) is 0 Å². The van der Waals surface area contributed by atoms with Crippen LogP contribution in [0.3, 0.4) is 0 Å². The highest BCUT2D eigenvalue weighted by molar-refractivity contribution is 4.96. The Morgan fingerprint density at radius 2 is 1.80 bits per heavy atom. The standard InChI is InChI=1S/C10H20O5/c1-9(2,3)5-10(14)8(13)7(12)6(4-11)15-10/h6-8,11-14H,4-5H2,1-3H3/t6-,7-,8+,10+/m1/s1. The van der Waals surface area contributed by atoms with E-state index in [1.807, 2.05) is 20.8 Å². The average molecular weight is 220 g/mol. The monoisotopic (exact) mass is 220 g/mol. The summed E-state index contributed by atoms with van der Waals surface area (Å²) in [6.07, 6.45) is -3.36. The van der Waals surface area contributed by atoms with Gasteiger partial charge >= 0.3 is 0 Å². The van der Waals surface area contributed by atoms with Crippen LogP contribution in [0.2, 0.25) is 0 Å². The second kappa shape index (κ2) is 3.99. The molecule has 1 fully saturated rings. The highest BCUT2D eigenvalue weighted by atomic mass is 16.7. The van der Waals surface area contributed by atoms with E-state index in [-0.39, 0.29) is 11.8 Å². The average Bonchev–Trinajstić information content (AvgIpc) is 2.27. The predicted molar refractivity (Wildman–Crippen MR) is 53.0 cm³/mol. The fourth-order valence-corrected chi connectivity index (χ4v) is 1.92. The van der Waals surface area contributed by atoms with E-state index in [2.05, 4.69) is 0 Å². The summed E-state index contributed by atoms with van der Waals surface area (Å²) in [5.41, 5.74) is -0.250.